The zero-order valence-corrected chi connectivity index (χ0v) is 11.9. The number of nitrogens with two attached hydrogens (primary N) is 1. The van der Waals surface area contributed by atoms with E-state index in [-0.39, 0.29) is 6.04 Å². The number of rotatable bonds is 2. The monoisotopic (exact) mass is 274 g/mol. The first-order chi connectivity index (χ1) is 10.3. The van der Waals surface area contributed by atoms with Crippen LogP contribution in [0, 0.1) is 5.92 Å². The first kappa shape index (κ1) is 12.5. The normalized spacial score (nSPS) is 16.0. The molecule has 1 heterocycles. The predicted octanol–water partition coefficient (Wildman–Crippen LogP) is 3.65. The van der Waals surface area contributed by atoms with Crippen LogP contribution >= 0.6 is 0 Å². The Hall–Kier alpha value is -2.19. The third kappa shape index (κ3) is 2.22. The van der Waals surface area contributed by atoms with Gasteiger partial charge < -0.3 is 5.73 Å². The van der Waals surface area contributed by atoms with E-state index < -0.39 is 0 Å². The van der Waals surface area contributed by atoms with Gasteiger partial charge in [0.15, 0.2) is 0 Å². The summed E-state index contributed by atoms with van der Waals surface area (Å²) in [4.78, 5) is 4.43. The molecule has 4 rings (SSSR count). The smallest absolute Gasteiger partial charge is 0.0705 e. The molecule has 0 saturated heterocycles. The van der Waals surface area contributed by atoms with Crippen molar-refractivity contribution in [3.63, 3.8) is 0 Å². The van der Waals surface area contributed by atoms with Crippen molar-refractivity contribution >= 4 is 10.9 Å². The Kier molecular flexibility index (Phi) is 2.97. The van der Waals surface area contributed by atoms with Gasteiger partial charge in [-0.3, -0.25) is 4.98 Å². The minimum Gasteiger partial charge on any atom is -0.324 e. The van der Waals surface area contributed by atoms with E-state index in [1.807, 2.05) is 12.3 Å². The summed E-state index contributed by atoms with van der Waals surface area (Å²) in [6.07, 6.45) is 4.00. The number of hydrogen-bond donors (Lipinski definition) is 1. The van der Waals surface area contributed by atoms with Crippen LogP contribution in [-0.2, 0) is 12.8 Å². The number of hydrogen-bond acceptors (Lipinski definition) is 2. The van der Waals surface area contributed by atoms with Gasteiger partial charge in [-0.05, 0) is 47.6 Å². The molecule has 21 heavy (non-hydrogen) atoms. The van der Waals surface area contributed by atoms with Crippen LogP contribution in [0.1, 0.15) is 22.7 Å². The Labute approximate surface area is 124 Å². The van der Waals surface area contributed by atoms with Crippen LogP contribution in [-0.4, -0.2) is 4.98 Å². The molecule has 1 aliphatic rings. The summed E-state index contributed by atoms with van der Waals surface area (Å²) in [7, 11) is 0. The molecule has 2 nitrogen and oxygen atoms in total. The summed E-state index contributed by atoms with van der Waals surface area (Å²) < 4.78 is 0. The molecule has 0 amide bonds. The van der Waals surface area contributed by atoms with Crippen molar-refractivity contribution in [2.75, 3.05) is 0 Å². The molecule has 104 valence electrons. The second-order valence-electron chi connectivity index (χ2n) is 5.92. The lowest BCUT2D eigenvalue weighted by molar-refractivity contribution is 0.454. The SMILES string of the molecule is NC(c1ccc2cccnc2c1)C1Cc2ccccc2C1. The second-order valence-corrected chi connectivity index (χ2v) is 5.92. The number of fused-ring (bicyclic) bond motifs is 2. The highest BCUT2D eigenvalue weighted by atomic mass is 14.7. The Morgan fingerprint density at radius 1 is 0.952 bits per heavy atom. The van der Waals surface area contributed by atoms with E-state index in [0.29, 0.717) is 5.92 Å². The highest BCUT2D eigenvalue weighted by molar-refractivity contribution is 5.79. The van der Waals surface area contributed by atoms with E-state index in [2.05, 4.69) is 53.5 Å². The van der Waals surface area contributed by atoms with Crippen molar-refractivity contribution in [1.82, 2.24) is 4.98 Å². The van der Waals surface area contributed by atoms with Gasteiger partial charge in [-0.1, -0.05) is 42.5 Å². The van der Waals surface area contributed by atoms with Gasteiger partial charge in [-0.25, -0.2) is 0 Å². The molecule has 1 aliphatic carbocycles. The molecule has 2 N–H and O–H groups in total. The topological polar surface area (TPSA) is 38.9 Å². The quantitative estimate of drug-likeness (QED) is 0.774. The third-order valence-corrected chi connectivity index (χ3v) is 4.61. The first-order valence-electron chi connectivity index (χ1n) is 7.48. The van der Waals surface area contributed by atoms with E-state index in [0.717, 1.165) is 18.4 Å². The van der Waals surface area contributed by atoms with Gasteiger partial charge in [0, 0.05) is 17.6 Å². The lowest BCUT2D eigenvalue weighted by Crippen LogP contribution is -2.21. The summed E-state index contributed by atoms with van der Waals surface area (Å²) >= 11 is 0. The van der Waals surface area contributed by atoms with E-state index in [4.69, 9.17) is 5.73 Å². The van der Waals surface area contributed by atoms with Crippen LogP contribution in [0.3, 0.4) is 0 Å². The molecule has 2 heteroatoms. The molecule has 0 saturated carbocycles. The minimum atomic E-state index is 0.0730. The molecule has 1 aromatic heterocycles. The number of aromatic nitrogens is 1. The van der Waals surface area contributed by atoms with Gasteiger partial charge in [-0.15, -0.1) is 0 Å². The van der Waals surface area contributed by atoms with E-state index >= 15 is 0 Å². The largest absolute Gasteiger partial charge is 0.324 e. The molecular weight excluding hydrogens is 256 g/mol. The van der Waals surface area contributed by atoms with Gasteiger partial charge in [0.25, 0.3) is 0 Å². The van der Waals surface area contributed by atoms with Crippen LogP contribution in [0.4, 0.5) is 0 Å². The minimum absolute atomic E-state index is 0.0730. The molecule has 0 radical (unpaired) electrons. The highest BCUT2D eigenvalue weighted by Gasteiger charge is 2.27. The predicted molar refractivity (Wildman–Crippen MR) is 86.0 cm³/mol. The molecule has 3 aromatic rings. The summed E-state index contributed by atoms with van der Waals surface area (Å²) in [5.74, 6) is 0.489. The zero-order valence-electron chi connectivity index (χ0n) is 11.9. The van der Waals surface area contributed by atoms with Crippen molar-refractivity contribution in [3.8, 4) is 0 Å². The Balaban J connectivity index is 1.64. The van der Waals surface area contributed by atoms with Crippen molar-refractivity contribution in [1.29, 1.82) is 0 Å². The van der Waals surface area contributed by atoms with Crippen LogP contribution in [0.15, 0.2) is 60.8 Å². The average molecular weight is 274 g/mol. The Morgan fingerprint density at radius 3 is 2.48 bits per heavy atom. The molecule has 0 bridgehead atoms. The molecular formula is C19H18N2. The first-order valence-corrected chi connectivity index (χ1v) is 7.48. The Morgan fingerprint density at radius 2 is 1.71 bits per heavy atom. The fraction of sp³-hybridized carbons (Fsp3) is 0.211. The van der Waals surface area contributed by atoms with E-state index in [1.54, 1.807) is 0 Å². The maximum atomic E-state index is 6.54. The van der Waals surface area contributed by atoms with Crippen molar-refractivity contribution in [2.45, 2.75) is 18.9 Å². The maximum Gasteiger partial charge on any atom is 0.0705 e. The molecule has 2 aromatic carbocycles. The van der Waals surface area contributed by atoms with Crippen LogP contribution < -0.4 is 5.73 Å². The number of benzene rings is 2. The van der Waals surface area contributed by atoms with Crippen molar-refractivity contribution in [3.05, 3.63) is 77.5 Å². The number of pyridine rings is 1. The summed E-state index contributed by atoms with van der Waals surface area (Å²) in [6.45, 7) is 0. The fourth-order valence-electron chi connectivity index (χ4n) is 3.41. The van der Waals surface area contributed by atoms with Crippen LogP contribution in [0.25, 0.3) is 10.9 Å². The van der Waals surface area contributed by atoms with Gasteiger partial charge in [0.05, 0.1) is 5.52 Å². The Bertz CT molecular complexity index is 769. The molecule has 0 fully saturated rings. The maximum absolute atomic E-state index is 6.54. The molecule has 1 unspecified atom stereocenters. The average Bonchev–Trinajstić information content (AvgIpc) is 2.97. The standard InChI is InChI=1S/C19H18N2/c20-19(17-10-14-4-1-2-5-15(14)11-17)16-8-7-13-6-3-9-21-18(13)12-16/h1-9,12,17,19H,10-11,20H2. The zero-order chi connectivity index (χ0) is 14.2. The van der Waals surface area contributed by atoms with Crippen molar-refractivity contribution < 1.29 is 0 Å². The van der Waals surface area contributed by atoms with E-state index in [9.17, 15) is 0 Å². The van der Waals surface area contributed by atoms with Crippen molar-refractivity contribution in [2.24, 2.45) is 11.7 Å². The van der Waals surface area contributed by atoms with Gasteiger partial charge in [0.1, 0.15) is 0 Å². The lowest BCUT2D eigenvalue weighted by atomic mass is 9.91. The third-order valence-electron chi connectivity index (χ3n) is 4.61. The second kappa shape index (κ2) is 4.97. The summed E-state index contributed by atoms with van der Waals surface area (Å²) in [5.41, 5.74) is 11.7. The molecule has 0 spiro atoms. The highest BCUT2D eigenvalue weighted by Crippen LogP contribution is 2.34. The fourth-order valence-corrected chi connectivity index (χ4v) is 3.41. The summed E-state index contributed by atoms with van der Waals surface area (Å²) in [5, 5.41) is 1.17. The molecule has 0 aliphatic heterocycles. The van der Waals surface area contributed by atoms with Gasteiger partial charge in [0.2, 0.25) is 0 Å². The van der Waals surface area contributed by atoms with Gasteiger partial charge in [-0.2, -0.15) is 0 Å². The van der Waals surface area contributed by atoms with Crippen LogP contribution in [0.2, 0.25) is 0 Å². The molecule has 1 atom stereocenters. The summed E-state index contributed by atoms with van der Waals surface area (Å²) in [6, 6.07) is 19.2. The van der Waals surface area contributed by atoms with E-state index in [1.165, 1.54) is 22.1 Å². The lowest BCUT2D eigenvalue weighted by Gasteiger charge is -2.19. The van der Waals surface area contributed by atoms with Gasteiger partial charge >= 0.3 is 0 Å². The number of nitrogens with zero attached hydrogens (tertiary/aromatic N) is 1. The van der Waals surface area contributed by atoms with Crippen LogP contribution in [0.5, 0.6) is 0 Å².